The van der Waals surface area contributed by atoms with Gasteiger partial charge in [-0.15, -0.1) is 0 Å². The SMILES string of the molecule is Nc1cc(-c2ccc3ncnc(Nc4ccc(F)c(Cl)c4)c3c2)cnc1Cl. The summed E-state index contributed by atoms with van der Waals surface area (Å²) in [5, 5.41) is 4.22. The van der Waals surface area contributed by atoms with Crippen LogP contribution in [0.25, 0.3) is 22.0 Å². The van der Waals surface area contributed by atoms with Gasteiger partial charge >= 0.3 is 0 Å². The summed E-state index contributed by atoms with van der Waals surface area (Å²) in [7, 11) is 0. The van der Waals surface area contributed by atoms with Gasteiger partial charge in [-0.3, -0.25) is 0 Å². The van der Waals surface area contributed by atoms with Crippen molar-refractivity contribution in [3.63, 3.8) is 0 Å². The number of rotatable bonds is 3. The van der Waals surface area contributed by atoms with Gasteiger partial charge in [-0.2, -0.15) is 0 Å². The Morgan fingerprint density at radius 2 is 1.78 bits per heavy atom. The number of anilines is 3. The third-order valence-electron chi connectivity index (χ3n) is 4.02. The van der Waals surface area contributed by atoms with Gasteiger partial charge in [0.05, 0.1) is 16.2 Å². The van der Waals surface area contributed by atoms with Crippen LogP contribution in [0.4, 0.5) is 21.6 Å². The minimum Gasteiger partial charge on any atom is -0.396 e. The van der Waals surface area contributed by atoms with Crippen LogP contribution in [-0.2, 0) is 0 Å². The lowest BCUT2D eigenvalue weighted by atomic mass is 10.0. The Morgan fingerprint density at radius 3 is 2.56 bits per heavy atom. The number of halogens is 3. The van der Waals surface area contributed by atoms with Gasteiger partial charge in [0.15, 0.2) is 5.15 Å². The van der Waals surface area contributed by atoms with E-state index in [2.05, 4.69) is 20.3 Å². The predicted octanol–water partition coefficient (Wildman–Crippen LogP) is 5.46. The van der Waals surface area contributed by atoms with Crippen LogP contribution in [-0.4, -0.2) is 15.0 Å². The van der Waals surface area contributed by atoms with Crippen LogP contribution in [0.3, 0.4) is 0 Å². The molecule has 0 fully saturated rings. The van der Waals surface area contributed by atoms with Crippen molar-refractivity contribution in [1.29, 1.82) is 0 Å². The first-order chi connectivity index (χ1) is 13.0. The lowest BCUT2D eigenvalue weighted by molar-refractivity contribution is 0.628. The monoisotopic (exact) mass is 399 g/mol. The van der Waals surface area contributed by atoms with E-state index in [0.29, 0.717) is 17.2 Å². The summed E-state index contributed by atoms with van der Waals surface area (Å²) in [4.78, 5) is 12.7. The van der Waals surface area contributed by atoms with Crippen LogP contribution in [0.15, 0.2) is 55.0 Å². The van der Waals surface area contributed by atoms with Gasteiger partial charge in [-0.05, 0) is 42.0 Å². The first kappa shape index (κ1) is 17.5. The molecule has 0 aliphatic carbocycles. The lowest BCUT2D eigenvalue weighted by Crippen LogP contribution is -1.97. The summed E-state index contributed by atoms with van der Waals surface area (Å²) >= 11 is 11.8. The summed E-state index contributed by atoms with van der Waals surface area (Å²) in [6, 6.07) is 11.8. The van der Waals surface area contributed by atoms with Crippen molar-refractivity contribution in [2.75, 3.05) is 11.1 Å². The first-order valence-corrected chi connectivity index (χ1v) is 8.65. The lowest BCUT2D eigenvalue weighted by Gasteiger charge is -2.10. The Labute approximate surface area is 164 Å². The van der Waals surface area contributed by atoms with E-state index in [4.69, 9.17) is 28.9 Å². The van der Waals surface area contributed by atoms with Crippen molar-refractivity contribution in [3.05, 3.63) is 71.0 Å². The molecular weight excluding hydrogens is 388 g/mol. The van der Waals surface area contributed by atoms with Crippen molar-refractivity contribution >= 4 is 51.3 Å². The highest BCUT2D eigenvalue weighted by Gasteiger charge is 2.09. The number of hydrogen-bond donors (Lipinski definition) is 2. The van der Waals surface area contributed by atoms with Crippen molar-refractivity contribution in [2.24, 2.45) is 0 Å². The molecule has 0 saturated carbocycles. The van der Waals surface area contributed by atoms with Crippen LogP contribution in [0.2, 0.25) is 10.2 Å². The molecule has 0 aliphatic rings. The van der Waals surface area contributed by atoms with Crippen LogP contribution >= 0.6 is 23.2 Å². The topological polar surface area (TPSA) is 76.7 Å². The molecule has 0 bridgehead atoms. The highest BCUT2D eigenvalue weighted by molar-refractivity contribution is 6.32. The molecule has 0 unspecified atom stereocenters. The van der Waals surface area contributed by atoms with Crippen molar-refractivity contribution in [1.82, 2.24) is 15.0 Å². The molecule has 0 amide bonds. The summed E-state index contributed by atoms with van der Waals surface area (Å²) in [6.07, 6.45) is 3.10. The number of benzene rings is 2. The van der Waals surface area contributed by atoms with E-state index in [0.717, 1.165) is 22.0 Å². The molecule has 5 nitrogen and oxygen atoms in total. The zero-order chi connectivity index (χ0) is 19.0. The molecule has 0 atom stereocenters. The quantitative estimate of drug-likeness (QED) is 0.447. The fraction of sp³-hybridized carbons (Fsp3) is 0. The van der Waals surface area contributed by atoms with Gasteiger partial charge in [-0.1, -0.05) is 29.3 Å². The van der Waals surface area contributed by atoms with Crippen LogP contribution in [0.5, 0.6) is 0 Å². The molecule has 8 heteroatoms. The summed E-state index contributed by atoms with van der Waals surface area (Å²) in [6.45, 7) is 0. The van der Waals surface area contributed by atoms with Gasteiger partial charge in [0, 0.05) is 22.8 Å². The van der Waals surface area contributed by atoms with E-state index in [1.54, 1.807) is 18.3 Å². The molecule has 2 aromatic carbocycles. The van der Waals surface area contributed by atoms with Crippen LogP contribution in [0.1, 0.15) is 0 Å². The fourth-order valence-electron chi connectivity index (χ4n) is 2.67. The largest absolute Gasteiger partial charge is 0.396 e. The highest BCUT2D eigenvalue weighted by Crippen LogP contribution is 2.31. The average molecular weight is 400 g/mol. The van der Waals surface area contributed by atoms with E-state index in [-0.39, 0.29) is 10.2 Å². The fourth-order valence-corrected chi connectivity index (χ4v) is 2.95. The zero-order valence-corrected chi connectivity index (χ0v) is 15.3. The number of fused-ring (bicyclic) bond motifs is 1. The van der Waals surface area contributed by atoms with Crippen molar-refractivity contribution < 1.29 is 4.39 Å². The molecule has 4 aromatic rings. The third-order valence-corrected chi connectivity index (χ3v) is 4.62. The first-order valence-electron chi connectivity index (χ1n) is 7.89. The van der Waals surface area contributed by atoms with E-state index in [1.165, 1.54) is 18.5 Å². The molecule has 0 saturated heterocycles. The Hall–Kier alpha value is -2.96. The maximum atomic E-state index is 13.4. The molecule has 27 heavy (non-hydrogen) atoms. The van der Waals surface area contributed by atoms with Gasteiger partial charge in [0.2, 0.25) is 0 Å². The molecule has 3 N–H and O–H groups in total. The number of hydrogen-bond acceptors (Lipinski definition) is 5. The third kappa shape index (κ3) is 3.49. The Balaban J connectivity index is 1.79. The van der Waals surface area contributed by atoms with Crippen LogP contribution in [0, 0.1) is 5.82 Å². The summed E-state index contributed by atoms with van der Waals surface area (Å²) < 4.78 is 13.4. The molecule has 134 valence electrons. The maximum Gasteiger partial charge on any atom is 0.151 e. The number of nitrogens with zero attached hydrogens (tertiary/aromatic N) is 3. The number of nitrogens with two attached hydrogens (primary N) is 1. The molecule has 2 aromatic heterocycles. The number of aromatic nitrogens is 3. The normalized spacial score (nSPS) is 10.9. The standard InChI is InChI=1S/C19H12Cl2FN5/c20-14-7-12(2-3-15(14)22)27-19-13-5-10(1-4-17(13)25-9-26-19)11-6-16(23)18(21)24-8-11/h1-9H,23H2,(H,25,26,27). The average Bonchev–Trinajstić information content (AvgIpc) is 2.67. The van der Waals surface area contributed by atoms with E-state index >= 15 is 0 Å². The second-order valence-electron chi connectivity index (χ2n) is 5.81. The Kier molecular flexibility index (Phi) is 4.51. The molecular formula is C19H12Cl2FN5. The van der Waals surface area contributed by atoms with E-state index in [9.17, 15) is 4.39 Å². The number of nitrogen functional groups attached to an aromatic ring is 1. The van der Waals surface area contributed by atoms with E-state index < -0.39 is 5.82 Å². The number of pyridine rings is 1. The highest BCUT2D eigenvalue weighted by atomic mass is 35.5. The second-order valence-corrected chi connectivity index (χ2v) is 6.58. The Morgan fingerprint density at radius 1 is 0.926 bits per heavy atom. The van der Waals surface area contributed by atoms with Gasteiger partial charge in [0.1, 0.15) is 18.0 Å². The van der Waals surface area contributed by atoms with Gasteiger partial charge in [-0.25, -0.2) is 19.3 Å². The maximum absolute atomic E-state index is 13.4. The summed E-state index contributed by atoms with van der Waals surface area (Å²) in [5.74, 6) is 0.0873. The van der Waals surface area contributed by atoms with Crippen molar-refractivity contribution in [3.8, 4) is 11.1 Å². The van der Waals surface area contributed by atoms with Gasteiger partial charge in [0.25, 0.3) is 0 Å². The van der Waals surface area contributed by atoms with Crippen molar-refractivity contribution in [2.45, 2.75) is 0 Å². The predicted molar refractivity (Wildman–Crippen MR) is 107 cm³/mol. The van der Waals surface area contributed by atoms with Gasteiger partial charge < -0.3 is 11.1 Å². The summed E-state index contributed by atoms with van der Waals surface area (Å²) in [5.41, 5.74) is 9.32. The molecule has 0 spiro atoms. The number of nitrogens with one attached hydrogen (secondary N) is 1. The smallest absolute Gasteiger partial charge is 0.151 e. The van der Waals surface area contributed by atoms with E-state index in [1.807, 2.05) is 18.2 Å². The molecule has 0 aliphatic heterocycles. The Bertz CT molecular complexity index is 1170. The minimum atomic E-state index is -0.482. The minimum absolute atomic E-state index is 0.0294. The second kappa shape index (κ2) is 6.98. The van der Waals surface area contributed by atoms with Crippen LogP contribution < -0.4 is 11.1 Å². The molecule has 0 radical (unpaired) electrons. The zero-order valence-electron chi connectivity index (χ0n) is 13.7. The molecule has 4 rings (SSSR count). The molecule has 2 heterocycles.